The normalized spacial score (nSPS) is 16.7. The number of rotatable bonds is 7. The van der Waals surface area contributed by atoms with Gasteiger partial charge in [-0.2, -0.15) is 4.31 Å². The zero-order valence-electron chi connectivity index (χ0n) is 14.8. The second-order valence-electron chi connectivity index (χ2n) is 6.47. The van der Waals surface area contributed by atoms with Crippen LogP contribution in [0, 0.1) is 0 Å². The van der Waals surface area contributed by atoms with Crippen molar-refractivity contribution in [2.24, 2.45) is 0 Å². The molecule has 1 aliphatic rings. The molecule has 1 aromatic carbocycles. The van der Waals surface area contributed by atoms with E-state index in [1.54, 1.807) is 6.20 Å². The SMILES string of the molecule is CN1CCN(S(=O)(=O)CCC(=O)c2cnc(Cc3ccccc3)s2)CC1. The highest BCUT2D eigenvalue weighted by atomic mass is 32.2. The Labute approximate surface area is 158 Å². The van der Waals surface area contributed by atoms with Crippen LogP contribution in [-0.4, -0.2) is 67.4 Å². The third-order valence-electron chi connectivity index (χ3n) is 4.47. The summed E-state index contributed by atoms with van der Waals surface area (Å²) in [6.07, 6.45) is 2.24. The molecule has 0 amide bonds. The van der Waals surface area contributed by atoms with E-state index < -0.39 is 10.0 Å². The van der Waals surface area contributed by atoms with Crippen molar-refractivity contribution < 1.29 is 13.2 Å². The molecular formula is C18H23N3O3S2. The molecule has 0 saturated carbocycles. The third kappa shape index (κ3) is 4.97. The fourth-order valence-electron chi connectivity index (χ4n) is 2.83. The minimum absolute atomic E-state index is 0.00163. The summed E-state index contributed by atoms with van der Waals surface area (Å²) < 4.78 is 26.3. The topological polar surface area (TPSA) is 70.6 Å². The van der Waals surface area contributed by atoms with Crippen molar-refractivity contribution >= 4 is 27.1 Å². The molecule has 1 aliphatic heterocycles. The van der Waals surface area contributed by atoms with E-state index in [9.17, 15) is 13.2 Å². The summed E-state index contributed by atoms with van der Waals surface area (Å²) in [5.74, 6) is -0.291. The summed E-state index contributed by atoms with van der Waals surface area (Å²) in [4.78, 5) is 19.3. The van der Waals surface area contributed by atoms with Crippen molar-refractivity contribution in [3.63, 3.8) is 0 Å². The van der Waals surface area contributed by atoms with E-state index in [1.165, 1.54) is 15.6 Å². The van der Waals surface area contributed by atoms with Gasteiger partial charge in [0.1, 0.15) is 0 Å². The van der Waals surface area contributed by atoms with Crippen LogP contribution in [0.4, 0.5) is 0 Å². The van der Waals surface area contributed by atoms with Crippen LogP contribution in [-0.2, 0) is 16.4 Å². The van der Waals surface area contributed by atoms with Gasteiger partial charge in [-0.1, -0.05) is 30.3 Å². The Balaban J connectivity index is 1.55. The Bertz CT molecular complexity index is 842. The van der Waals surface area contributed by atoms with Crippen LogP contribution in [0.5, 0.6) is 0 Å². The number of Topliss-reactive ketones (excluding diaryl/α,β-unsaturated/α-hetero) is 1. The van der Waals surface area contributed by atoms with Crippen molar-refractivity contribution in [1.29, 1.82) is 0 Å². The summed E-state index contributed by atoms with van der Waals surface area (Å²) in [6.45, 7) is 2.44. The molecule has 0 aliphatic carbocycles. The molecule has 0 atom stereocenters. The van der Waals surface area contributed by atoms with Crippen LogP contribution in [0.15, 0.2) is 36.5 Å². The molecule has 1 saturated heterocycles. The third-order valence-corrected chi connectivity index (χ3v) is 7.38. The first-order valence-electron chi connectivity index (χ1n) is 8.62. The highest BCUT2D eigenvalue weighted by molar-refractivity contribution is 7.89. The van der Waals surface area contributed by atoms with E-state index >= 15 is 0 Å². The summed E-state index contributed by atoms with van der Waals surface area (Å²) in [5.41, 5.74) is 1.14. The van der Waals surface area contributed by atoms with Crippen LogP contribution < -0.4 is 0 Å². The smallest absolute Gasteiger partial charge is 0.214 e. The van der Waals surface area contributed by atoms with E-state index in [-0.39, 0.29) is 18.0 Å². The number of likely N-dealkylation sites (N-methyl/N-ethyl adjacent to an activating group) is 1. The summed E-state index contributed by atoms with van der Waals surface area (Å²) >= 11 is 1.35. The second kappa shape index (κ2) is 8.39. The molecule has 6 nitrogen and oxygen atoms in total. The van der Waals surface area contributed by atoms with Crippen molar-refractivity contribution in [2.45, 2.75) is 12.8 Å². The minimum atomic E-state index is -3.38. The number of nitrogens with zero attached hydrogens (tertiary/aromatic N) is 3. The molecule has 2 heterocycles. The van der Waals surface area contributed by atoms with Gasteiger partial charge in [0.2, 0.25) is 10.0 Å². The van der Waals surface area contributed by atoms with Gasteiger partial charge in [-0.25, -0.2) is 13.4 Å². The first kappa shape index (κ1) is 19.2. The minimum Gasteiger partial charge on any atom is -0.304 e. The number of aromatic nitrogens is 1. The van der Waals surface area contributed by atoms with E-state index in [0.717, 1.165) is 23.7 Å². The van der Waals surface area contributed by atoms with Crippen LogP contribution in [0.3, 0.4) is 0 Å². The van der Waals surface area contributed by atoms with Crippen LogP contribution in [0.2, 0.25) is 0 Å². The molecule has 1 fully saturated rings. The van der Waals surface area contributed by atoms with E-state index in [0.29, 0.717) is 24.4 Å². The molecule has 0 spiro atoms. The number of hydrogen-bond donors (Lipinski definition) is 0. The maximum atomic E-state index is 12.4. The fraction of sp³-hybridized carbons (Fsp3) is 0.444. The van der Waals surface area contributed by atoms with Crippen molar-refractivity contribution in [1.82, 2.24) is 14.2 Å². The highest BCUT2D eigenvalue weighted by Gasteiger charge is 2.26. The Morgan fingerprint density at radius 1 is 1.15 bits per heavy atom. The van der Waals surface area contributed by atoms with Gasteiger partial charge in [0.25, 0.3) is 0 Å². The lowest BCUT2D eigenvalue weighted by Crippen LogP contribution is -2.47. The average molecular weight is 394 g/mol. The first-order valence-corrected chi connectivity index (χ1v) is 11.0. The number of thiazole rings is 1. The predicted molar refractivity (Wildman–Crippen MR) is 103 cm³/mol. The average Bonchev–Trinajstić information content (AvgIpc) is 3.09. The number of ketones is 1. The number of carbonyl (C=O) groups excluding carboxylic acids is 1. The van der Waals surface area contributed by atoms with Gasteiger partial charge in [0.05, 0.1) is 15.6 Å². The molecule has 2 aromatic rings. The van der Waals surface area contributed by atoms with Gasteiger partial charge in [0.15, 0.2) is 5.78 Å². The molecule has 140 valence electrons. The predicted octanol–water partition coefficient (Wildman–Crippen LogP) is 1.88. The van der Waals surface area contributed by atoms with E-state index in [4.69, 9.17) is 0 Å². The number of piperazine rings is 1. The summed E-state index contributed by atoms with van der Waals surface area (Å²) in [7, 11) is -1.41. The van der Waals surface area contributed by atoms with Gasteiger partial charge in [-0.05, 0) is 12.6 Å². The Morgan fingerprint density at radius 3 is 2.54 bits per heavy atom. The lowest BCUT2D eigenvalue weighted by atomic mass is 10.2. The fourth-order valence-corrected chi connectivity index (χ4v) is 5.17. The maximum Gasteiger partial charge on any atom is 0.214 e. The number of carbonyl (C=O) groups is 1. The van der Waals surface area contributed by atoms with Crippen molar-refractivity contribution in [3.8, 4) is 0 Å². The van der Waals surface area contributed by atoms with E-state index in [1.807, 2.05) is 37.4 Å². The number of sulfonamides is 1. The lowest BCUT2D eigenvalue weighted by molar-refractivity contribution is 0.0991. The molecule has 3 rings (SSSR count). The zero-order chi connectivity index (χ0) is 18.6. The zero-order valence-corrected chi connectivity index (χ0v) is 16.4. The number of benzene rings is 1. The molecule has 1 aromatic heterocycles. The molecular weight excluding hydrogens is 370 g/mol. The van der Waals surface area contributed by atoms with Crippen molar-refractivity contribution in [3.05, 3.63) is 52.0 Å². The Kier molecular flexibility index (Phi) is 6.18. The highest BCUT2D eigenvalue weighted by Crippen LogP contribution is 2.19. The molecule has 0 radical (unpaired) electrons. The quantitative estimate of drug-likeness (QED) is 0.672. The molecule has 0 unspecified atom stereocenters. The molecule has 26 heavy (non-hydrogen) atoms. The first-order chi connectivity index (χ1) is 12.4. The Hall–Kier alpha value is -1.61. The van der Waals surface area contributed by atoms with Gasteiger partial charge in [-0.3, -0.25) is 4.79 Å². The summed E-state index contributed by atoms with van der Waals surface area (Å²) in [6, 6.07) is 9.94. The maximum absolute atomic E-state index is 12.4. The molecule has 8 heteroatoms. The van der Waals surface area contributed by atoms with E-state index in [2.05, 4.69) is 9.88 Å². The molecule has 0 N–H and O–H groups in total. The van der Waals surface area contributed by atoms with Gasteiger partial charge >= 0.3 is 0 Å². The molecule has 0 bridgehead atoms. The van der Waals surface area contributed by atoms with Crippen LogP contribution in [0.1, 0.15) is 26.7 Å². The Morgan fingerprint density at radius 2 is 1.85 bits per heavy atom. The summed E-state index contributed by atoms with van der Waals surface area (Å²) in [5, 5.41) is 0.862. The lowest BCUT2D eigenvalue weighted by Gasteiger charge is -2.31. The number of hydrogen-bond acceptors (Lipinski definition) is 6. The second-order valence-corrected chi connectivity index (χ2v) is 9.68. The van der Waals surface area contributed by atoms with Crippen LogP contribution in [0.25, 0.3) is 0 Å². The monoisotopic (exact) mass is 393 g/mol. The van der Waals surface area contributed by atoms with Gasteiger partial charge in [-0.15, -0.1) is 11.3 Å². The standard InChI is InChI=1S/C18H23N3O3S2/c1-20-8-10-21(11-9-20)26(23,24)12-7-16(22)17-14-19-18(25-17)13-15-5-3-2-4-6-15/h2-6,14H,7-13H2,1H3. The van der Waals surface area contributed by atoms with Crippen LogP contribution >= 0.6 is 11.3 Å². The van der Waals surface area contributed by atoms with Crippen molar-refractivity contribution in [2.75, 3.05) is 39.0 Å². The largest absolute Gasteiger partial charge is 0.304 e. The van der Waals surface area contributed by atoms with Gasteiger partial charge < -0.3 is 4.90 Å². The van der Waals surface area contributed by atoms with Gasteiger partial charge in [0, 0.05) is 45.2 Å².